The molecule has 0 saturated carbocycles. The minimum atomic E-state index is -1.13. The molecule has 0 aliphatic carbocycles. The zero-order chi connectivity index (χ0) is 5.15. The summed E-state index contributed by atoms with van der Waals surface area (Å²) in [4.78, 5) is 9.51. The van der Waals surface area contributed by atoms with Gasteiger partial charge in [0.2, 0.25) is 0 Å². The van der Waals surface area contributed by atoms with Gasteiger partial charge in [-0.1, -0.05) is 0 Å². The Morgan fingerprint density at radius 3 is 1.88 bits per heavy atom. The molecule has 5 heteroatoms. The first kappa shape index (κ1) is 15.9. The van der Waals surface area contributed by atoms with E-state index in [2.05, 4.69) is 12.6 Å². The van der Waals surface area contributed by atoms with Crippen molar-refractivity contribution >= 4 is 18.6 Å². The normalized spacial score (nSPS) is 10.2. The van der Waals surface area contributed by atoms with Crippen molar-refractivity contribution in [1.29, 1.82) is 0 Å². The monoisotopic (exact) mass is 146 g/mol. The fourth-order valence-electron chi connectivity index (χ4n) is 0. The standard InChI is InChI=1S/C3H6O2S.Na.H2O/c1-2(6)3(4)5;;/h2,6H,1H3,(H,4,5);;1H2/q;+1;/p-1. The van der Waals surface area contributed by atoms with Crippen molar-refractivity contribution < 1.29 is 44.9 Å². The minimum absolute atomic E-state index is 0. The fourth-order valence-corrected chi connectivity index (χ4v) is 0. The molecule has 0 saturated heterocycles. The molecule has 2 N–H and O–H groups in total. The van der Waals surface area contributed by atoms with Crippen molar-refractivity contribution in [2.24, 2.45) is 0 Å². The van der Waals surface area contributed by atoms with Crippen molar-refractivity contribution in [2.45, 2.75) is 12.2 Å². The van der Waals surface area contributed by atoms with Gasteiger partial charge in [0.15, 0.2) is 0 Å². The number of carboxylic acid groups (broad SMARTS) is 1. The molecule has 0 radical (unpaired) electrons. The van der Waals surface area contributed by atoms with Crippen molar-refractivity contribution in [2.75, 3.05) is 0 Å². The van der Waals surface area contributed by atoms with Gasteiger partial charge in [-0.2, -0.15) is 12.6 Å². The number of thiol groups is 1. The second-order valence-electron chi connectivity index (χ2n) is 0.995. The smallest absolute Gasteiger partial charge is 0.549 e. The second kappa shape index (κ2) is 7.78. The van der Waals surface area contributed by atoms with Crippen molar-refractivity contribution in [1.82, 2.24) is 0 Å². The molecule has 0 aliphatic rings. The summed E-state index contributed by atoms with van der Waals surface area (Å²) < 4.78 is 0. The van der Waals surface area contributed by atoms with Crippen LogP contribution in [-0.2, 0) is 4.79 Å². The number of hydrogen-bond acceptors (Lipinski definition) is 3. The third-order valence-electron chi connectivity index (χ3n) is 0.341. The summed E-state index contributed by atoms with van der Waals surface area (Å²) >= 11 is 3.53. The van der Waals surface area contributed by atoms with Crippen LogP contribution in [0.1, 0.15) is 6.92 Å². The fraction of sp³-hybridized carbons (Fsp3) is 0.667. The van der Waals surface area contributed by atoms with Crippen LogP contribution in [0.3, 0.4) is 0 Å². The predicted octanol–water partition coefficient (Wildman–Crippen LogP) is -4.77. The Labute approximate surface area is 75.5 Å². The quantitative estimate of drug-likeness (QED) is 0.298. The van der Waals surface area contributed by atoms with Crippen LogP contribution in [0.4, 0.5) is 0 Å². The molecule has 0 rings (SSSR count). The SMILES string of the molecule is CC(S)C(=O)[O-].O.[Na+]. The Balaban J connectivity index is -0.000000125. The molecule has 0 fully saturated rings. The Kier molecular flexibility index (Phi) is 15.5. The third-order valence-corrected chi connectivity index (χ3v) is 0.552. The molecule has 0 heterocycles. The van der Waals surface area contributed by atoms with E-state index in [1.54, 1.807) is 0 Å². The van der Waals surface area contributed by atoms with Gasteiger partial charge in [-0.15, -0.1) is 0 Å². The second-order valence-corrected chi connectivity index (χ2v) is 1.77. The zero-order valence-corrected chi connectivity index (χ0v) is 7.74. The van der Waals surface area contributed by atoms with E-state index >= 15 is 0 Å². The molecule has 0 aromatic heterocycles. The van der Waals surface area contributed by atoms with Crippen LogP contribution >= 0.6 is 12.6 Å². The van der Waals surface area contributed by atoms with E-state index in [-0.39, 0.29) is 35.0 Å². The molecule has 0 amide bonds. The topological polar surface area (TPSA) is 71.6 Å². The summed E-state index contributed by atoms with van der Waals surface area (Å²) in [6.07, 6.45) is 0. The van der Waals surface area contributed by atoms with E-state index in [9.17, 15) is 9.90 Å². The van der Waals surface area contributed by atoms with Gasteiger partial charge in [0.05, 0.1) is 5.97 Å². The third kappa shape index (κ3) is 9.91. The zero-order valence-electron chi connectivity index (χ0n) is 4.84. The van der Waals surface area contributed by atoms with Crippen LogP contribution in [-0.4, -0.2) is 16.7 Å². The first-order valence-corrected chi connectivity index (χ1v) is 2.05. The van der Waals surface area contributed by atoms with E-state index < -0.39 is 11.2 Å². The van der Waals surface area contributed by atoms with Gasteiger partial charge in [0, 0.05) is 5.25 Å². The Bertz CT molecular complexity index is 65.5. The summed E-state index contributed by atoms with van der Waals surface area (Å²) in [6.45, 7) is 1.44. The minimum Gasteiger partial charge on any atom is -0.549 e. The van der Waals surface area contributed by atoms with Crippen LogP contribution in [0.25, 0.3) is 0 Å². The summed E-state index contributed by atoms with van der Waals surface area (Å²) in [5.41, 5.74) is 0. The molecule has 0 spiro atoms. The van der Waals surface area contributed by atoms with E-state index in [0.29, 0.717) is 0 Å². The molecule has 0 aliphatic heterocycles. The van der Waals surface area contributed by atoms with Crippen molar-refractivity contribution in [3.63, 3.8) is 0 Å². The molecule has 1 unspecified atom stereocenters. The predicted molar refractivity (Wildman–Crippen MR) is 27.1 cm³/mol. The molecule has 8 heavy (non-hydrogen) atoms. The van der Waals surface area contributed by atoms with Gasteiger partial charge in [0.1, 0.15) is 0 Å². The summed E-state index contributed by atoms with van der Waals surface area (Å²) in [5.74, 6) is -1.13. The Morgan fingerprint density at radius 1 is 1.75 bits per heavy atom. The summed E-state index contributed by atoms with van der Waals surface area (Å²) in [6, 6.07) is 0. The molecular formula is C3H7NaO3S. The number of carbonyl (C=O) groups is 1. The van der Waals surface area contributed by atoms with Crippen LogP contribution < -0.4 is 34.7 Å². The molecule has 44 valence electrons. The molecule has 1 atom stereocenters. The van der Waals surface area contributed by atoms with Gasteiger partial charge in [0.25, 0.3) is 0 Å². The molecule has 0 aromatic carbocycles. The van der Waals surface area contributed by atoms with Crippen molar-refractivity contribution in [3.05, 3.63) is 0 Å². The number of aliphatic carboxylic acids is 1. The number of hydrogen-bond donors (Lipinski definition) is 1. The van der Waals surface area contributed by atoms with E-state index in [4.69, 9.17) is 0 Å². The van der Waals surface area contributed by atoms with Crippen LogP contribution in [0.2, 0.25) is 0 Å². The number of carbonyl (C=O) groups excluding carboxylic acids is 1. The van der Waals surface area contributed by atoms with Gasteiger partial charge in [-0.05, 0) is 6.92 Å². The summed E-state index contributed by atoms with van der Waals surface area (Å²) in [7, 11) is 0. The maximum Gasteiger partial charge on any atom is 1.00 e. The van der Waals surface area contributed by atoms with Gasteiger partial charge >= 0.3 is 29.6 Å². The molecule has 3 nitrogen and oxygen atoms in total. The Hall–Kier alpha value is 0.780. The Morgan fingerprint density at radius 2 is 1.88 bits per heavy atom. The van der Waals surface area contributed by atoms with Gasteiger partial charge < -0.3 is 15.4 Å². The van der Waals surface area contributed by atoms with E-state index in [1.807, 2.05) is 0 Å². The first-order chi connectivity index (χ1) is 2.64. The molecule has 0 bridgehead atoms. The number of rotatable bonds is 1. The molecule has 0 aromatic rings. The largest absolute Gasteiger partial charge is 1.00 e. The summed E-state index contributed by atoms with van der Waals surface area (Å²) in [5, 5.41) is 8.86. The van der Waals surface area contributed by atoms with Crippen LogP contribution in [0, 0.1) is 0 Å². The maximum absolute atomic E-state index is 9.51. The van der Waals surface area contributed by atoms with Crippen LogP contribution in [0.15, 0.2) is 0 Å². The molecular weight excluding hydrogens is 139 g/mol. The number of carboxylic acids is 1. The first-order valence-electron chi connectivity index (χ1n) is 1.53. The maximum atomic E-state index is 9.51. The average molecular weight is 146 g/mol. The van der Waals surface area contributed by atoms with Gasteiger partial charge in [-0.25, -0.2) is 0 Å². The van der Waals surface area contributed by atoms with E-state index in [0.717, 1.165) is 0 Å². The van der Waals surface area contributed by atoms with E-state index in [1.165, 1.54) is 6.92 Å². The van der Waals surface area contributed by atoms with Crippen LogP contribution in [0.5, 0.6) is 0 Å². The average Bonchev–Trinajstić information content (AvgIpc) is 1.36. The van der Waals surface area contributed by atoms with Gasteiger partial charge in [-0.3, -0.25) is 0 Å². The van der Waals surface area contributed by atoms with Crippen molar-refractivity contribution in [3.8, 4) is 0 Å².